The molecule has 0 aliphatic carbocycles. The molecule has 0 spiro atoms. The van der Waals surface area contributed by atoms with Crippen LogP contribution in [0.2, 0.25) is 0 Å². The highest BCUT2D eigenvalue weighted by Crippen LogP contribution is 2.10. The molecule has 0 aromatic heterocycles. The van der Waals surface area contributed by atoms with Gasteiger partial charge < -0.3 is 99.7 Å². The number of carboxylic acids is 1. The molecular formula is C41H82N20O9S. The van der Waals surface area contributed by atoms with E-state index in [0.717, 1.165) is 0 Å². The summed E-state index contributed by atoms with van der Waals surface area (Å²) in [4.78, 5) is 119. The summed E-state index contributed by atoms with van der Waals surface area (Å²) < 4.78 is 0. The molecule has 7 atom stereocenters. The lowest BCUT2D eigenvalue weighted by Gasteiger charge is -2.27. The Kier molecular flexibility index (Phi) is 35.1. The first-order valence-electron chi connectivity index (χ1n) is 23.7. The average molecular weight is 1030 g/mol. The van der Waals surface area contributed by atoms with Crippen molar-refractivity contribution in [2.45, 2.75) is 139 Å². The zero-order valence-corrected chi connectivity index (χ0v) is 41.5. The fourth-order valence-corrected chi connectivity index (χ4v) is 6.82. The summed E-state index contributed by atoms with van der Waals surface area (Å²) in [5.74, 6) is -7.57. The molecule has 0 bridgehead atoms. The maximum Gasteiger partial charge on any atom is 0.327 e. The topological polar surface area (TPSA) is 538 Å². The summed E-state index contributed by atoms with van der Waals surface area (Å²) in [7, 11) is 0. The van der Waals surface area contributed by atoms with E-state index in [1.54, 1.807) is 0 Å². The smallest absolute Gasteiger partial charge is 0.327 e. The van der Waals surface area contributed by atoms with Gasteiger partial charge in [0.1, 0.15) is 36.3 Å². The number of guanidine groups is 3. The lowest BCUT2D eigenvalue weighted by atomic mass is 10.0. The number of unbranched alkanes of at least 4 members (excludes halogenated alkanes) is 3. The fraction of sp³-hybridized carbons (Fsp3) is 0.732. The van der Waals surface area contributed by atoms with Gasteiger partial charge >= 0.3 is 5.97 Å². The third-order valence-corrected chi connectivity index (χ3v) is 10.8. The highest BCUT2D eigenvalue weighted by molar-refractivity contribution is 7.80. The second-order valence-corrected chi connectivity index (χ2v) is 16.8. The maximum absolute atomic E-state index is 14.3. The zero-order valence-electron chi connectivity index (χ0n) is 40.6. The van der Waals surface area contributed by atoms with Gasteiger partial charge in [-0.2, -0.15) is 12.6 Å². The Morgan fingerprint density at radius 3 is 1.04 bits per heavy atom. The van der Waals surface area contributed by atoms with Crippen LogP contribution in [0, 0.1) is 0 Å². The van der Waals surface area contributed by atoms with E-state index in [4.69, 9.17) is 57.3 Å². The van der Waals surface area contributed by atoms with E-state index in [0.29, 0.717) is 51.5 Å². The second kappa shape index (κ2) is 38.5. The molecule has 406 valence electrons. The molecule has 29 nitrogen and oxygen atoms in total. The number of nitrogens with zero attached hydrogens (tertiary/aromatic N) is 3. The van der Waals surface area contributed by atoms with Crippen LogP contribution in [-0.4, -0.2) is 164 Å². The second-order valence-electron chi connectivity index (χ2n) is 16.5. The van der Waals surface area contributed by atoms with Gasteiger partial charge in [-0.3, -0.25) is 48.5 Å². The van der Waals surface area contributed by atoms with Crippen LogP contribution in [0.25, 0.3) is 0 Å². The predicted octanol–water partition coefficient (Wildman–Crippen LogP) is -7.10. The number of carbonyl (C=O) groups is 8. The van der Waals surface area contributed by atoms with Crippen LogP contribution in [0.4, 0.5) is 0 Å². The first kappa shape index (κ1) is 64.8. The van der Waals surface area contributed by atoms with Crippen LogP contribution in [0.3, 0.4) is 0 Å². The van der Waals surface area contributed by atoms with Crippen molar-refractivity contribution in [1.29, 1.82) is 0 Å². The van der Waals surface area contributed by atoms with E-state index in [2.05, 4.69) is 64.8 Å². The lowest BCUT2D eigenvalue weighted by molar-refractivity contribution is -0.141. The summed E-state index contributed by atoms with van der Waals surface area (Å²) in [6.07, 6.45) is 3.79. The summed E-state index contributed by atoms with van der Waals surface area (Å²) in [5.41, 5.74) is 56.0. The van der Waals surface area contributed by atoms with Gasteiger partial charge in [0.2, 0.25) is 41.4 Å². The van der Waals surface area contributed by atoms with Gasteiger partial charge in [-0.1, -0.05) is 6.42 Å². The molecule has 0 heterocycles. The summed E-state index contributed by atoms with van der Waals surface area (Å²) in [6.45, 7) is 0.526. The van der Waals surface area contributed by atoms with Crippen LogP contribution in [-0.2, 0) is 38.4 Å². The summed E-state index contributed by atoms with van der Waals surface area (Å²) in [5, 5.41) is 27.2. The number of hydrogen-bond acceptors (Lipinski definition) is 16. The minimum absolute atomic E-state index is 0.0270. The van der Waals surface area contributed by atoms with Crippen molar-refractivity contribution in [3.05, 3.63) is 0 Å². The number of aliphatic imine (C=N–C) groups is 3. The van der Waals surface area contributed by atoms with Crippen LogP contribution in [0.1, 0.15) is 96.3 Å². The highest BCUT2D eigenvalue weighted by Gasteiger charge is 2.33. The molecule has 0 aromatic carbocycles. The first-order chi connectivity index (χ1) is 33.7. The Labute approximate surface area is 420 Å². The minimum Gasteiger partial charge on any atom is -0.480 e. The largest absolute Gasteiger partial charge is 0.480 e. The number of rotatable bonds is 40. The monoisotopic (exact) mass is 1030 g/mol. The summed E-state index contributed by atoms with van der Waals surface area (Å²) >= 11 is 3.91. The average Bonchev–Trinajstić information content (AvgIpc) is 3.31. The van der Waals surface area contributed by atoms with Gasteiger partial charge in [0.15, 0.2) is 17.9 Å². The number of aliphatic carboxylic acids is 1. The van der Waals surface area contributed by atoms with Crippen LogP contribution >= 0.6 is 12.6 Å². The Morgan fingerprint density at radius 2 is 0.732 bits per heavy atom. The molecule has 0 unspecified atom stereocenters. The van der Waals surface area contributed by atoms with Crippen molar-refractivity contribution < 1.29 is 43.5 Å². The number of nitrogens with one attached hydrogen (secondary N) is 7. The van der Waals surface area contributed by atoms with E-state index in [-0.39, 0.29) is 108 Å². The Morgan fingerprint density at radius 1 is 0.423 bits per heavy atom. The molecule has 30 heteroatoms. The number of carbonyl (C=O) groups excluding carboxylic acids is 7. The zero-order chi connectivity index (χ0) is 53.7. The van der Waals surface area contributed by atoms with Crippen molar-refractivity contribution in [3.8, 4) is 0 Å². The van der Waals surface area contributed by atoms with Gasteiger partial charge in [-0.25, -0.2) is 4.79 Å². The molecular weight excluding hydrogens is 949 g/mol. The number of amides is 7. The molecule has 0 fully saturated rings. The highest BCUT2D eigenvalue weighted by atomic mass is 32.1. The molecule has 0 aliphatic heterocycles. The standard InChI is InChI=1S/C41H82N20O9S/c42-16-4-1-10-24(45)32(63)57-28(14-8-20-53-40(48)49)36(67)59-27(12-3-6-18-44)35(66)61-29(15-9-21-54-41(50)51)37(68)60-26(11-2-5-17-43)34(65)58-25(13-7-19-52-39(46)47)33(64)55-22-31(62)56-30(23-71)38(69)70/h24-30,71H,1-23,42-45H2,(H,55,64)(H,56,62)(H,57,63)(H,58,65)(H,59,67)(H,60,68)(H,61,66)(H,69,70)(H4,46,47,52)(H4,48,49,53)(H4,50,51,54)/t24-,25-,26-,27-,28-,29-,30-/m0/s1. The molecule has 0 rings (SSSR count). The number of hydrogen-bond donors (Lipinski definition) is 19. The third-order valence-electron chi connectivity index (χ3n) is 10.4. The third kappa shape index (κ3) is 30.9. The number of carboxylic acid groups (broad SMARTS) is 1. The molecule has 7 amide bonds. The summed E-state index contributed by atoms with van der Waals surface area (Å²) in [6, 6.07) is -8.67. The molecule has 28 N–H and O–H groups in total. The van der Waals surface area contributed by atoms with Crippen LogP contribution < -0.4 is 94.6 Å². The van der Waals surface area contributed by atoms with Gasteiger partial charge in [0.25, 0.3) is 0 Å². The molecule has 0 aromatic rings. The molecule has 0 radical (unpaired) electrons. The van der Waals surface area contributed by atoms with E-state index >= 15 is 0 Å². The van der Waals surface area contributed by atoms with Gasteiger partial charge in [0.05, 0.1) is 12.6 Å². The SMILES string of the molecule is NCCCC[C@H](NC(=O)[C@H](CCCN=C(N)N)NC(=O)[C@H](CCCCN)NC(=O)[C@H](CCCN=C(N)N)NC(=O)[C@@H](N)CCCCN)C(=O)N[C@@H](CCCN=C(N)N)C(=O)NCC(=O)N[C@@H](CS)C(=O)O. The van der Waals surface area contributed by atoms with E-state index in [9.17, 15) is 43.5 Å². The van der Waals surface area contributed by atoms with Crippen molar-refractivity contribution in [3.63, 3.8) is 0 Å². The normalized spacial score (nSPS) is 13.8. The predicted molar refractivity (Wildman–Crippen MR) is 273 cm³/mol. The molecule has 0 aliphatic rings. The van der Waals surface area contributed by atoms with Gasteiger partial charge in [-0.15, -0.1) is 0 Å². The quantitative estimate of drug-likeness (QED) is 0.0117. The van der Waals surface area contributed by atoms with E-state index in [1.165, 1.54) is 0 Å². The number of thiol groups is 1. The Balaban J connectivity index is 6.77. The van der Waals surface area contributed by atoms with Gasteiger partial charge in [-0.05, 0) is 110 Å². The van der Waals surface area contributed by atoms with Crippen molar-refractivity contribution >= 4 is 77.8 Å². The van der Waals surface area contributed by atoms with Gasteiger partial charge in [0, 0.05) is 25.4 Å². The van der Waals surface area contributed by atoms with Crippen LogP contribution in [0.15, 0.2) is 15.0 Å². The van der Waals surface area contributed by atoms with E-state index < -0.39 is 96.2 Å². The molecule has 71 heavy (non-hydrogen) atoms. The van der Waals surface area contributed by atoms with E-state index in [1.807, 2.05) is 0 Å². The minimum atomic E-state index is -1.35. The van der Waals surface area contributed by atoms with Crippen molar-refractivity contribution in [2.75, 3.05) is 51.6 Å². The van der Waals surface area contributed by atoms with Crippen molar-refractivity contribution in [1.82, 2.24) is 37.2 Å². The first-order valence-corrected chi connectivity index (χ1v) is 24.3. The molecule has 0 saturated carbocycles. The lowest BCUT2D eigenvalue weighted by Crippen LogP contribution is -2.59. The van der Waals surface area contributed by atoms with Crippen molar-refractivity contribution in [2.24, 2.45) is 72.3 Å². The van der Waals surface area contributed by atoms with Crippen LogP contribution in [0.5, 0.6) is 0 Å². The Bertz CT molecular complexity index is 1750. The number of nitrogens with two attached hydrogens (primary N) is 10. The Hall–Kier alpha value is -6.24. The fourth-order valence-electron chi connectivity index (χ4n) is 6.57. The molecule has 0 saturated heterocycles. The maximum atomic E-state index is 14.3.